The Hall–Kier alpha value is -3.85. The van der Waals surface area contributed by atoms with Gasteiger partial charge in [0.15, 0.2) is 0 Å². The van der Waals surface area contributed by atoms with Gasteiger partial charge in [-0.1, -0.05) is 119 Å². The van der Waals surface area contributed by atoms with Gasteiger partial charge in [-0.15, -0.1) is 0 Å². The van der Waals surface area contributed by atoms with E-state index in [2.05, 4.69) is 6.92 Å². The number of hydrogen-bond donors (Lipinski definition) is 1. The quantitative estimate of drug-likeness (QED) is 0.0518. The van der Waals surface area contributed by atoms with Crippen molar-refractivity contribution in [2.24, 2.45) is 0 Å². The molecule has 6 nitrogen and oxygen atoms in total. The Morgan fingerprint density at radius 2 is 1.48 bits per heavy atom. The molecule has 228 valence electrons. The largest absolute Gasteiger partial charge is 0.481 e. The number of unbranched alkanes of at least 4 members (excludes halogenated alkanes) is 9. The Labute approximate surface area is 253 Å². The number of allylic oxidation sites excluding steroid dienone is 8. The standard InChI is InChI=1S/C36H50N2O4/c1-5-6-7-8-9-10-11-12-13-16-27-42-36(41)33(29-37)28-31(3)18-15-14-17-30(2)19-20-32-21-23-34(24-22-32)38(4)26-25-35(39)40/h14-15,17-24,28H,5-13,16,25-27H2,1-4H3,(H,39,40). The number of aliphatic carboxylic acids is 1. The van der Waals surface area contributed by atoms with E-state index >= 15 is 0 Å². The fraction of sp³-hybridized carbons (Fsp3) is 0.472. The molecule has 0 aliphatic carbocycles. The van der Waals surface area contributed by atoms with E-state index in [0.29, 0.717) is 13.2 Å². The Morgan fingerprint density at radius 1 is 0.905 bits per heavy atom. The van der Waals surface area contributed by atoms with Crippen molar-refractivity contribution in [1.29, 1.82) is 5.26 Å². The summed E-state index contributed by atoms with van der Waals surface area (Å²) in [6.07, 6.45) is 25.5. The van der Waals surface area contributed by atoms with Gasteiger partial charge in [-0.05, 0) is 49.6 Å². The highest BCUT2D eigenvalue weighted by molar-refractivity contribution is 5.93. The summed E-state index contributed by atoms with van der Waals surface area (Å²) in [5.74, 6) is -1.37. The number of benzene rings is 1. The number of carboxylic acids is 1. The first-order chi connectivity index (χ1) is 20.3. The third-order valence-electron chi connectivity index (χ3n) is 6.81. The molecule has 0 aliphatic heterocycles. The number of anilines is 1. The minimum Gasteiger partial charge on any atom is -0.481 e. The molecule has 0 amide bonds. The molecule has 1 aromatic rings. The average molecular weight is 575 g/mol. The van der Waals surface area contributed by atoms with E-state index in [1.807, 2.05) is 92.6 Å². The maximum Gasteiger partial charge on any atom is 0.348 e. The van der Waals surface area contributed by atoms with Gasteiger partial charge in [0.25, 0.3) is 0 Å². The van der Waals surface area contributed by atoms with Crippen molar-refractivity contribution in [2.45, 2.75) is 91.4 Å². The van der Waals surface area contributed by atoms with Crippen LogP contribution in [0.1, 0.15) is 97.0 Å². The van der Waals surface area contributed by atoms with Crippen LogP contribution in [-0.4, -0.2) is 37.2 Å². The van der Waals surface area contributed by atoms with E-state index in [1.165, 1.54) is 44.9 Å². The maximum absolute atomic E-state index is 12.3. The van der Waals surface area contributed by atoms with Gasteiger partial charge in [-0.25, -0.2) is 4.79 Å². The molecule has 0 aliphatic rings. The van der Waals surface area contributed by atoms with E-state index < -0.39 is 11.9 Å². The molecule has 0 radical (unpaired) electrons. The highest BCUT2D eigenvalue weighted by Crippen LogP contribution is 2.16. The molecule has 42 heavy (non-hydrogen) atoms. The molecule has 0 unspecified atom stereocenters. The second-order valence-electron chi connectivity index (χ2n) is 10.7. The summed E-state index contributed by atoms with van der Waals surface area (Å²) in [6.45, 7) is 6.89. The van der Waals surface area contributed by atoms with Crippen LogP contribution in [0.4, 0.5) is 5.69 Å². The number of carbonyl (C=O) groups is 2. The predicted octanol–water partition coefficient (Wildman–Crippen LogP) is 8.97. The lowest BCUT2D eigenvalue weighted by Gasteiger charge is -2.18. The molecule has 0 spiro atoms. The number of nitrogens with zero attached hydrogens (tertiary/aromatic N) is 2. The van der Waals surface area contributed by atoms with E-state index in [9.17, 15) is 14.9 Å². The number of esters is 1. The van der Waals surface area contributed by atoms with Crippen LogP contribution in [0.3, 0.4) is 0 Å². The summed E-state index contributed by atoms with van der Waals surface area (Å²) in [5, 5.41) is 18.2. The van der Waals surface area contributed by atoms with Crippen LogP contribution in [-0.2, 0) is 14.3 Å². The second-order valence-corrected chi connectivity index (χ2v) is 10.7. The van der Waals surface area contributed by atoms with Gasteiger partial charge in [0.1, 0.15) is 11.6 Å². The molecular formula is C36H50N2O4. The van der Waals surface area contributed by atoms with Gasteiger partial charge >= 0.3 is 11.9 Å². The van der Waals surface area contributed by atoms with Gasteiger partial charge < -0.3 is 14.7 Å². The summed E-state index contributed by atoms with van der Waals surface area (Å²) in [7, 11) is 1.88. The third-order valence-corrected chi connectivity index (χ3v) is 6.81. The number of carbonyl (C=O) groups excluding carboxylic acids is 1. The van der Waals surface area contributed by atoms with Gasteiger partial charge in [-0.3, -0.25) is 4.79 Å². The van der Waals surface area contributed by atoms with Crippen LogP contribution < -0.4 is 4.90 Å². The lowest BCUT2D eigenvalue weighted by Crippen LogP contribution is -2.20. The van der Waals surface area contributed by atoms with E-state index in [0.717, 1.165) is 41.7 Å². The lowest BCUT2D eigenvalue weighted by molar-refractivity contribution is -0.139. The highest BCUT2D eigenvalue weighted by Gasteiger charge is 2.10. The summed E-state index contributed by atoms with van der Waals surface area (Å²) in [5.41, 5.74) is 3.88. The first-order valence-electron chi connectivity index (χ1n) is 15.3. The van der Waals surface area contributed by atoms with Crippen molar-refractivity contribution in [2.75, 3.05) is 25.1 Å². The smallest absolute Gasteiger partial charge is 0.348 e. The number of ether oxygens (including phenoxy) is 1. The molecule has 0 fully saturated rings. The lowest BCUT2D eigenvalue weighted by atomic mass is 10.1. The summed E-state index contributed by atoms with van der Waals surface area (Å²) in [4.78, 5) is 25.0. The van der Waals surface area contributed by atoms with Crippen molar-refractivity contribution in [3.63, 3.8) is 0 Å². The number of nitriles is 1. The van der Waals surface area contributed by atoms with Gasteiger partial charge in [0, 0.05) is 19.3 Å². The summed E-state index contributed by atoms with van der Waals surface area (Å²) in [6, 6.07) is 9.91. The molecule has 6 heteroatoms. The van der Waals surface area contributed by atoms with Gasteiger partial charge in [-0.2, -0.15) is 5.26 Å². The summed E-state index contributed by atoms with van der Waals surface area (Å²) < 4.78 is 5.31. The number of carboxylic acid groups (broad SMARTS) is 1. The molecule has 0 atom stereocenters. The Balaban J connectivity index is 2.44. The van der Waals surface area contributed by atoms with Crippen LogP contribution in [0.5, 0.6) is 0 Å². The van der Waals surface area contributed by atoms with Gasteiger partial charge in [0.05, 0.1) is 13.0 Å². The zero-order valence-corrected chi connectivity index (χ0v) is 26.1. The molecule has 0 aromatic heterocycles. The molecule has 1 rings (SSSR count). The molecule has 0 saturated heterocycles. The predicted molar refractivity (Wildman–Crippen MR) is 174 cm³/mol. The summed E-state index contributed by atoms with van der Waals surface area (Å²) >= 11 is 0. The van der Waals surface area contributed by atoms with E-state index in [-0.39, 0.29) is 12.0 Å². The Morgan fingerprint density at radius 3 is 2.05 bits per heavy atom. The Kier molecular flexibility index (Phi) is 19.6. The maximum atomic E-state index is 12.3. The normalized spacial score (nSPS) is 12.6. The average Bonchev–Trinajstić information content (AvgIpc) is 2.98. The fourth-order valence-electron chi connectivity index (χ4n) is 4.18. The Bertz CT molecular complexity index is 1130. The van der Waals surface area contributed by atoms with Crippen molar-refractivity contribution in [1.82, 2.24) is 0 Å². The first kappa shape index (κ1) is 36.2. The topological polar surface area (TPSA) is 90.6 Å². The highest BCUT2D eigenvalue weighted by atomic mass is 16.5. The van der Waals surface area contributed by atoms with Crippen molar-refractivity contribution in [3.8, 4) is 6.07 Å². The van der Waals surface area contributed by atoms with Crippen molar-refractivity contribution in [3.05, 3.63) is 83.0 Å². The van der Waals surface area contributed by atoms with Crippen LogP contribution in [0, 0.1) is 11.3 Å². The van der Waals surface area contributed by atoms with Crippen LogP contribution >= 0.6 is 0 Å². The molecule has 1 N–H and O–H groups in total. The van der Waals surface area contributed by atoms with Crippen molar-refractivity contribution >= 4 is 23.7 Å². The van der Waals surface area contributed by atoms with E-state index in [4.69, 9.17) is 9.84 Å². The van der Waals surface area contributed by atoms with Crippen LogP contribution in [0.2, 0.25) is 0 Å². The van der Waals surface area contributed by atoms with Gasteiger partial charge in [0.2, 0.25) is 0 Å². The molecule has 0 saturated carbocycles. The minimum absolute atomic E-state index is 0.0120. The molecule has 0 bridgehead atoms. The van der Waals surface area contributed by atoms with E-state index in [1.54, 1.807) is 6.08 Å². The van der Waals surface area contributed by atoms with Crippen molar-refractivity contribution < 1.29 is 19.4 Å². The SMILES string of the molecule is CCCCCCCCCCCCOC(=O)C(C#N)=CC(C)=CC=CC=C(C)C=Cc1ccc(N(C)CCC(=O)O)cc1. The minimum atomic E-state index is -0.804. The molecule has 0 heterocycles. The fourth-order valence-corrected chi connectivity index (χ4v) is 4.18. The molecular weight excluding hydrogens is 524 g/mol. The number of rotatable bonds is 21. The third kappa shape index (κ3) is 17.8. The van der Waals surface area contributed by atoms with Crippen LogP contribution in [0.15, 0.2) is 77.4 Å². The first-order valence-corrected chi connectivity index (χ1v) is 15.3. The number of hydrogen-bond acceptors (Lipinski definition) is 5. The van der Waals surface area contributed by atoms with Crippen LogP contribution in [0.25, 0.3) is 6.08 Å². The zero-order chi connectivity index (χ0) is 31.0. The zero-order valence-electron chi connectivity index (χ0n) is 26.1. The second kappa shape index (κ2) is 22.8. The monoisotopic (exact) mass is 574 g/mol. The molecule has 1 aromatic carbocycles.